The van der Waals surface area contributed by atoms with Crippen molar-refractivity contribution < 1.29 is 14.9 Å². The molecule has 118 valence electrons. The highest BCUT2D eigenvalue weighted by atomic mass is 35.5. The van der Waals surface area contributed by atoms with Crippen molar-refractivity contribution in [3.05, 3.63) is 34.9 Å². The lowest BCUT2D eigenvalue weighted by Crippen LogP contribution is -2.43. The molecule has 0 aliphatic carbocycles. The molecule has 1 aromatic carbocycles. The predicted molar refractivity (Wildman–Crippen MR) is 83.5 cm³/mol. The molecule has 0 aromatic heterocycles. The van der Waals surface area contributed by atoms with Gasteiger partial charge in [-0.25, -0.2) is 0 Å². The summed E-state index contributed by atoms with van der Waals surface area (Å²) >= 11 is 5.86. The van der Waals surface area contributed by atoms with Gasteiger partial charge < -0.3 is 14.9 Å². The molecule has 0 saturated carbocycles. The zero-order valence-electron chi connectivity index (χ0n) is 12.4. The zero-order chi connectivity index (χ0) is 15.2. The average molecular weight is 314 g/mol. The molecule has 1 heterocycles. The summed E-state index contributed by atoms with van der Waals surface area (Å²) in [6.45, 7) is 4.37. The van der Waals surface area contributed by atoms with Gasteiger partial charge in [0.05, 0.1) is 24.9 Å². The summed E-state index contributed by atoms with van der Waals surface area (Å²) in [6, 6.07) is 7.53. The maximum atomic E-state index is 10.1. The predicted octanol–water partition coefficient (Wildman–Crippen LogP) is 2.24. The van der Waals surface area contributed by atoms with Crippen LogP contribution in [0.25, 0.3) is 0 Å². The molecule has 0 bridgehead atoms. The summed E-state index contributed by atoms with van der Waals surface area (Å²) in [5.74, 6) is 0. The molecule has 0 unspecified atom stereocenters. The van der Waals surface area contributed by atoms with Gasteiger partial charge in [0.1, 0.15) is 0 Å². The van der Waals surface area contributed by atoms with Gasteiger partial charge in [0.15, 0.2) is 0 Å². The number of benzene rings is 1. The minimum atomic E-state index is -0.537. The molecule has 0 amide bonds. The van der Waals surface area contributed by atoms with Crippen LogP contribution in [0, 0.1) is 0 Å². The van der Waals surface area contributed by atoms with Crippen LogP contribution >= 0.6 is 11.6 Å². The van der Waals surface area contributed by atoms with Crippen LogP contribution in [0.1, 0.15) is 31.4 Å². The topological polar surface area (TPSA) is 52.9 Å². The number of hydrogen-bond acceptors (Lipinski definition) is 4. The molecule has 1 aromatic rings. The van der Waals surface area contributed by atoms with Crippen LogP contribution in [0.4, 0.5) is 0 Å². The first-order valence-corrected chi connectivity index (χ1v) is 7.88. The van der Waals surface area contributed by atoms with E-state index >= 15 is 0 Å². The van der Waals surface area contributed by atoms with E-state index in [9.17, 15) is 10.2 Å². The molecule has 2 rings (SSSR count). The number of ether oxygens (including phenoxy) is 1. The second kappa shape index (κ2) is 8.11. The fraction of sp³-hybridized carbons (Fsp3) is 0.625. The number of likely N-dealkylation sites (tertiary alicyclic amines) is 1. The summed E-state index contributed by atoms with van der Waals surface area (Å²) in [7, 11) is 0. The van der Waals surface area contributed by atoms with E-state index in [1.807, 2.05) is 31.2 Å². The quantitative estimate of drug-likeness (QED) is 0.845. The molecule has 21 heavy (non-hydrogen) atoms. The lowest BCUT2D eigenvalue weighted by Gasteiger charge is -2.31. The summed E-state index contributed by atoms with van der Waals surface area (Å²) in [4.78, 5) is 2.09. The SMILES string of the molecule is C[C@H](OC[C@H](O)CN1CCC[C@@H](O)C1)c1ccc(Cl)cc1. The van der Waals surface area contributed by atoms with Gasteiger partial charge in [-0.2, -0.15) is 0 Å². The lowest BCUT2D eigenvalue weighted by atomic mass is 10.1. The first-order chi connectivity index (χ1) is 10.0. The number of aliphatic hydroxyl groups is 2. The zero-order valence-corrected chi connectivity index (χ0v) is 13.2. The highest BCUT2D eigenvalue weighted by molar-refractivity contribution is 6.30. The summed E-state index contributed by atoms with van der Waals surface area (Å²) < 4.78 is 5.72. The van der Waals surface area contributed by atoms with E-state index in [-0.39, 0.29) is 18.8 Å². The minimum absolute atomic E-state index is 0.0798. The van der Waals surface area contributed by atoms with Gasteiger partial charge in [-0.1, -0.05) is 23.7 Å². The number of piperidine rings is 1. The van der Waals surface area contributed by atoms with E-state index in [4.69, 9.17) is 16.3 Å². The third-order valence-corrected chi connectivity index (χ3v) is 4.08. The number of hydrogen-bond donors (Lipinski definition) is 2. The Morgan fingerprint density at radius 3 is 2.76 bits per heavy atom. The molecule has 1 aliphatic heterocycles. The number of nitrogens with zero attached hydrogens (tertiary/aromatic N) is 1. The average Bonchev–Trinajstić information content (AvgIpc) is 2.45. The Bertz CT molecular complexity index is 426. The molecule has 3 atom stereocenters. The molecule has 0 spiro atoms. The fourth-order valence-electron chi connectivity index (χ4n) is 2.63. The standard InChI is InChI=1S/C16H24ClNO3/c1-12(13-4-6-14(17)7-5-13)21-11-16(20)10-18-8-2-3-15(19)9-18/h4-7,12,15-16,19-20H,2-3,8-11H2,1H3/t12-,15+,16+/m0/s1. The fourth-order valence-corrected chi connectivity index (χ4v) is 2.76. The van der Waals surface area contributed by atoms with Crippen molar-refractivity contribution in [1.29, 1.82) is 0 Å². The highest BCUT2D eigenvalue weighted by Gasteiger charge is 2.20. The van der Waals surface area contributed by atoms with Crippen molar-refractivity contribution in [2.45, 2.75) is 38.1 Å². The van der Waals surface area contributed by atoms with Crippen LogP contribution in [-0.4, -0.2) is 53.6 Å². The van der Waals surface area contributed by atoms with Crippen molar-refractivity contribution in [2.24, 2.45) is 0 Å². The van der Waals surface area contributed by atoms with E-state index in [1.165, 1.54) is 0 Å². The Morgan fingerprint density at radius 1 is 1.38 bits per heavy atom. The van der Waals surface area contributed by atoms with Gasteiger partial charge in [0, 0.05) is 18.1 Å². The van der Waals surface area contributed by atoms with Crippen molar-refractivity contribution in [3.8, 4) is 0 Å². The van der Waals surface area contributed by atoms with Crippen LogP contribution in [0.15, 0.2) is 24.3 Å². The second-order valence-electron chi connectivity index (χ2n) is 5.74. The van der Waals surface area contributed by atoms with E-state index in [1.54, 1.807) is 0 Å². The van der Waals surface area contributed by atoms with Crippen molar-refractivity contribution in [2.75, 3.05) is 26.2 Å². The molecule has 0 radical (unpaired) electrons. The van der Waals surface area contributed by atoms with E-state index in [0.29, 0.717) is 18.1 Å². The van der Waals surface area contributed by atoms with Gasteiger partial charge in [0.25, 0.3) is 0 Å². The number of aliphatic hydroxyl groups excluding tert-OH is 2. The first-order valence-electron chi connectivity index (χ1n) is 7.50. The van der Waals surface area contributed by atoms with Crippen LogP contribution in [0.3, 0.4) is 0 Å². The highest BCUT2D eigenvalue weighted by Crippen LogP contribution is 2.19. The third-order valence-electron chi connectivity index (χ3n) is 3.83. The summed E-state index contributed by atoms with van der Waals surface area (Å²) in [5.41, 5.74) is 1.04. The van der Waals surface area contributed by atoms with Gasteiger partial charge in [-0.3, -0.25) is 4.90 Å². The smallest absolute Gasteiger partial charge is 0.0900 e. The van der Waals surface area contributed by atoms with Crippen LogP contribution in [0.2, 0.25) is 5.02 Å². The Labute approximate surface area is 131 Å². The van der Waals surface area contributed by atoms with Crippen molar-refractivity contribution >= 4 is 11.6 Å². The normalized spacial score (nSPS) is 23.0. The largest absolute Gasteiger partial charge is 0.392 e. The van der Waals surface area contributed by atoms with Gasteiger partial charge in [-0.15, -0.1) is 0 Å². The molecule has 1 saturated heterocycles. The Morgan fingerprint density at radius 2 is 2.10 bits per heavy atom. The van der Waals surface area contributed by atoms with Crippen molar-refractivity contribution in [3.63, 3.8) is 0 Å². The lowest BCUT2D eigenvalue weighted by molar-refractivity contribution is -0.0262. The summed E-state index contributed by atoms with van der Waals surface area (Å²) in [6.07, 6.45) is 0.959. The maximum Gasteiger partial charge on any atom is 0.0900 e. The Hall–Kier alpha value is -0.650. The van der Waals surface area contributed by atoms with Crippen LogP contribution in [0.5, 0.6) is 0 Å². The van der Waals surface area contributed by atoms with Crippen LogP contribution < -0.4 is 0 Å². The Balaban J connectivity index is 1.72. The minimum Gasteiger partial charge on any atom is -0.392 e. The second-order valence-corrected chi connectivity index (χ2v) is 6.17. The number of β-amino-alcohol motifs (C(OH)–C–C–N with tert-alkyl or cyclic N) is 2. The third kappa shape index (κ3) is 5.57. The monoisotopic (exact) mass is 313 g/mol. The molecule has 2 N–H and O–H groups in total. The van der Waals surface area contributed by atoms with Crippen molar-refractivity contribution in [1.82, 2.24) is 4.90 Å². The van der Waals surface area contributed by atoms with Gasteiger partial charge >= 0.3 is 0 Å². The van der Waals surface area contributed by atoms with E-state index in [2.05, 4.69) is 4.90 Å². The molecular weight excluding hydrogens is 290 g/mol. The molecule has 1 aliphatic rings. The first kappa shape index (κ1) is 16.7. The molecular formula is C16H24ClNO3. The molecule has 1 fully saturated rings. The Kier molecular flexibility index (Phi) is 6.45. The molecule has 5 heteroatoms. The van der Waals surface area contributed by atoms with Gasteiger partial charge in [-0.05, 0) is 44.0 Å². The summed E-state index contributed by atoms with van der Waals surface area (Å²) in [5, 5.41) is 20.4. The van der Waals surface area contributed by atoms with Crippen LogP contribution in [-0.2, 0) is 4.74 Å². The van der Waals surface area contributed by atoms with Gasteiger partial charge in [0.2, 0.25) is 0 Å². The van der Waals surface area contributed by atoms with E-state index in [0.717, 1.165) is 24.9 Å². The number of halogens is 1. The van der Waals surface area contributed by atoms with E-state index < -0.39 is 6.10 Å². The number of rotatable bonds is 6. The molecule has 4 nitrogen and oxygen atoms in total. The maximum absolute atomic E-state index is 10.1.